The molecule has 0 aromatic carbocycles. The van der Waals surface area contributed by atoms with Crippen LogP contribution in [-0.4, -0.2) is 60.7 Å². The van der Waals surface area contributed by atoms with Crippen LogP contribution in [-0.2, 0) is 9.09 Å². The lowest BCUT2D eigenvalue weighted by molar-refractivity contribution is -0.173. The first-order valence-electron chi connectivity index (χ1n) is 4.18. The molecule has 0 saturated heterocycles. The molecule has 5 atom stereocenters. The van der Waals surface area contributed by atoms with E-state index in [1.807, 2.05) is 0 Å². The molecule has 0 heterocycles. The zero-order valence-corrected chi connectivity index (χ0v) is 8.44. The van der Waals surface area contributed by atoms with Gasteiger partial charge in [0.25, 0.3) is 0 Å². The third-order valence-electron chi connectivity index (χ3n) is 2.22. The maximum atomic E-state index is 10.5. The molecule has 0 aromatic rings. The predicted octanol–water partition coefficient (Wildman–Crippen LogP) is -2.69. The minimum Gasteiger partial charge on any atom is -0.390 e. The van der Waals surface area contributed by atoms with Crippen LogP contribution in [0.15, 0.2) is 0 Å². The third-order valence-corrected chi connectivity index (χ3v) is 2.77. The highest BCUT2D eigenvalue weighted by Crippen LogP contribution is 2.41. The van der Waals surface area contributed by atoms with Gasteiger partial charge in [0.1, 0.15) is 24.4 Å². The summed E-state index contributed by atoms with van der Waals surface area (Å²) in [7, 11) is -4.81. The zero-order valence-electron chi connectivity index (χ0n) is 7.54. The smallest absolute Gasteiger partial charge is 0.390 e. The minimum atomic E-state index is -4.81. The molecule has 1 fully saturated rings. The highest BCUT2D eigenvalue weighted by Gasteiger charge is 2.44. The molecule has 0 spiro atoms. The standard InChI is InChI=1S/C6H13O8P/c7-2-1-3(14-15(11,12)13)5(9)6(10)4(2)8/h2-10H,1H2,(H2,11,12,13)/t2-,3+,4+,5-,6-/m1/s1. The summed E-state index contributed by atoms with van der Waals surface area (Å²) in [6.07, 6.45) is -8.11. The van der Waals surface area contributed by atoms with E-state index in [-0.39, 0.29) is 6.42 Å². The Balaban J connectivity index is 2.71. The lowest BCUT2D eigenvalue weighted by Gasteiger charge is -2.37. The van der Waals surface area contributed by atoms with Gasteiger partial charge in [-0.25, -0.2) is 4.57 Å². The Morgan fingerprint density at radius 3 is 2.00 bits per heavy atom. The molecule has 9 heteroatoms. The van der Waals surface area contributed by atoms with Crippen LogP contribution in [0.5, 0.6) is 0 Å². The number of phosphoric ester groups is 1. The summed E-state index contributed by atoms with van der Waals surface area (Å²) in [5.41, 5.74) is 0. The van der Waals surface area contributed by atoms with Crippen LogP contribution in [0.1, 0.15) is 6.42 Å². The van der Waals surface area contributed by atoms with E-state index >= 15 is 0 Å². The first-order chi connectivity index (χ1) is 6.72. The number of aliphatic hydroxyl groups excluding tert-OH is 4. The molecule has 8 nitrogen and oxygen atoms in total. The van der Waals surface area contributed by atoms with Gasteiger partial charge in [0, 0.05) is 6.42 Å². The van der Waals surface area contributed by atoms with E-state index < -0.39 is 38.3 Å². The zero-order chi connectivity index (χ0) is 11.8. The van der Waals surface area contributed by atoms with Crippen molar-refractivity contribution < 1.29 is 39.3 Å². The topological polar surface area (TPSA) is 148 Å². The van der Waals surface area contributed by atoms with Gasteiger partial charge >= 0.3 is 7.82 Å². The fraction of sp³-hybridized carbons (Fsp3) is 1.00. The van der Waals surface area contributed by atoms with E-state index in [2.05, 4.69) is 4.52 Å². The van der Waals surface area contributed by atoms with Crippen molar-refractivity contribution in [1.29, 1.82) is 0 Å². The van der Waals surface area contributed by atoms with E-state index in [4.69, 9.17) is 14.9 Å². The van der Waals surface area contributed by atoms with Crippen molar-refractivity contribution in [2.75, 3.05) is 0 Å². The van der Waals surface area contributed by atoms with Gasteiger partial charge in [-0.3, -0.25) is 4.52 Å². The number of aliphatic hydroxyl groups is 4. The summed E-state index contributed by atoms with van der Waals surface area (Å²) in [4.78, 5) is 17.0. The molecule has 90 valence electrons. The van der Waals surface area contributed by atoms with Gasteiger partial charge in [0.2, 0.25) is 0 Å². The van der Waals surface area contributed by atoms with Crippen molar-refractivity contribution in [3.63, 3.8) is 0 Å². The quantitative estimate of drug-likeness (QED) is 0.288. The monoisotopic (exact) mass is 244 g/mol. The van der Waals surface area contributed by atoms with Gasteiger partial charge in [-0.05, 0) is 0 Å². The Morgan fingerprint density at radius 1 is 1.00 bits per heavy atom. The first-order valence-corrected chi connectivity index (χ1v) is 5.71. The Morgan fingerprint density at radius 2 is 1.53 bits per heavy atom. The van der Waals surface area contributed by atoms with Crippen molar-refractivity contribution in [1.82, 2.24) is 0 Å². The fourth-order valence-corrected chi connectivity index (χ4v) is 2.01. The van der Waals surface area contributed by atoms with Gasteiger partial charge in [0.15, 0.2) is 0 Å². The molecule has 0 aliphatic heterocycles. The van der Waals surface area contributed by atoms with Crippen molar-refractivity contribution in [2.45, 2.75) is 36.9 Å². The summed E-state index contributed by atoms with van der Waals surface area (Å²) >= 11 is 0. The molecule has 0 bridgehead atoms. The molecule has 0 aromatic heterocycles. The summed E-state index contributed by atoms with van der Waals surface area (Å²) in [6.45, 7) is 0. The second-order valence-corrected chi connectivity index (χ2v) is 4.60. The van der Waals surface area contributed by atoms with Gasteiger partial charge in [-0.2, -0.15) is 0 Å². The molecule has 0 unspecified atom stereocenters. The van der Waals surface area contributed by atoms with E-state index in [1.165, 1.54) is 0 Å². The van der Waals surface area contributed by atoms with Crippen LogP contribution in [0.25, 0.3) is 0 Å². The number of hydrogen-bond acceptors (Lipinski definition) is 6. The highest BCUT2D eigenvalue weighted by atomic mass is 31.2. The normalized spacial score (nSPS) is 42.9. The van der Waals surface area contributed by atoms with Crippen molar-refractivity contribution >= 4 is 7.82 Å². The fourth-order valence-electron chi connectivity index (χ4n) is 1.45. The summed E-state index contributed by atoms with van der Waals surface area (Å²) in [5, 5.41) is 36.8. The lowest BCUT2D eigenvalue weighted by Crippen LogP contribution is -2.56. The largest absolute Gasteiger partial charge is 0.469 e. The van der Waals surface area contributed by atoms with E-state index in [1.54, 1.807) is 0 Å². The summed E-state index contributed by atoms with van der Waals surface area (Å²) < 4.78 is 14.6. The van der Waals surface area contributed by atoms with Gasteiger partial charge < -0.3 is 30.2 Å². The molecular weight excluding hydrogens is 231 g/mol. The third kappa shape index (κ3) is 3.20. The molecule has 1 rings (SSSR count). The van der Waals surface area contributed by atoms with E-state index in [9.17, 15) is 19.9 Å². The van der Waals surface area contributed by atoms with Gasteiger partial charge in [-0.1, -0.05) is 0 Å². The van der Waals surface area contributed by atoms with Crippen LogP contribution < -0.4 is 0 Å². The van der Waals surface area contributed by atoms with Crippen molar-refractivity contribution in [3.8, 4) is 0 Å². The Hall–Kier alpha value is -0.0500. The average molecular weight is 244 g/mol. The Bertz CT molecular complexity index is 264. The van der Waals surface area contributed by atoms with E-state index in [0.717, 1.165) is 0 Å². The molecule has 6 N–H and O–H groups in total. The summed E-state index contributed by atoms with van der Waals surface area (Å²) in [6, 6.07) is 0. The average Bonchev–Trinajstić information content (AvgIpc) is 2.08. The highest BCUT2D eigenvalue weighted by molar-refractivity contribution is 7.46. The summed E-state index contributed by atoms with van der Waals surface area (Å²) in [5.74, 6) is 0. The SMILES string of the molecule is O=P(O)(O)O[C@H]1C[C@@H](O)[C@H](O)[C@@H](O)[C@@H]1O. The minimum absolute atomic E-state index is 0.371. The van der Waals surface area contributed by atoms with Crippen molar-refractivity contribution in [2.24, 2.45) is 0 Å². The molecule has 1 aliphatic rings. The Kier molecular flexibility index (Phi) is 3.85. The molecule has 0 radical (unpaired) electrons. The second-order valence-electron chi connectivity index (χ2n) is 3.41. The number of hydrogen-bond donors (Lipinski definition) is 6. The molecular formula is C6H13O8P. The second kappa shape index (κ2) is 4.44. The number of rotatable bonds is 2. The van der Waals surface area contributed by atoms with Crippen LogP contribution in [0, 0.1) is 0 Å². The molecule has 15 heavy (non-hydrogen) atoms. The van der Waals surface area contributed by atoms with Crippen LogP contribution in [0.3, 0.4) is 0 Å². The van der Waals surface area contributed by atoms with Crippen LogP contribution in [0.2, 0.25) is 0 Å². The van der Waals surface area contributed by atoms with Crippen molar-refractivity contribution in [3.05, 3.63) is 0 Å². The first kappa shape index (κ1) is 13.0. The maximum absolute atomic E-state index is 10.5. The van der Waals surface area contributed by atoms with Crippen LogP contribution in [0.4, 0.5) is 0 Å². The number of phosphoric acid groups is 1. The molecule has 0 amide bonds. The Labute approximate surface area is 85.0 Å². The molecule has 1 saturated carbocycles. The van der Waals surface area contributed by atoms with E-state index in [0.29, 0.717) is 0 Å². The predicted molar refractivity (Wildman–Crippen MR) is 45.6 cm³/mol. The van der Waals surface area contributed by atoms with Crippen LogP contribution >= 0.6 is 7.82 Å². The maximum Gasteiger partial charge on any atom is 0.469 e. The lowest BCUT2D eigenvalue weighted by atomic mass is 9.87. The van der Waals surface area contributed by atoms with Gasteiger partial charge in [-0.15, -0.1) is 0 Å². The molecule has 1 aliphatic carbocycles. The van der Waals surface area contributed by atoms with Gasteiger partial charge in [0.05, 0.1) is 6.10 Å².